The van der Waals surface area contributed by atoms with Crippen LogP contribution in [-0.2, 0) is 20.8 Å². The van der Waals surface area contributed by atoms with Crippen LogP contribution in [0.25, 0.3) is 43.4 Å². The quantitative estimate of drug-likeness (QED) is 0.0585. The monoisotopic (exact) mass is 1140 g/mol. The van der Waals surface area contributed by atoms with Gasteiger partial charge in [-0.2, -0.15) is 9.97 Å². The number of fused-ring (bicyclic) bond motifs is 4. The smallest absolute Gasteiger partial charge is 0.319 e. The van der Waals surface area contributed by atoms with Crippen molar-refractivity contribution in [3.63, 3.8) is 0 Å². The minimum Gasteiger partial charge on any atom is -0.508 e. The molecule has 5 fully saturated rings. The summed E-state index contributed by atoms with van der Waals surface area (Å²) in [6.07, 6.45) is 9.20. The molecule has 3 aromatic heterocycles. The number of carbonyl (C=O) groups is 3. The third-order valence-corrected chi connectivity index (χ3v) is 19.0. The molecule has 82 heavy (non-hydrogen) atoms. The summed E-state index contributed by atoms with van der Waals surface area (Å²) in [6.45, 7) is 18.0. The molecule has 11 rings (SSSR count). The van der Waals surface area contributed by atoms with Crippen LogP contribution in [0.5, 0.6) is 11.8 Å². The SMILES string of the molecule is CCc1cccc2cc(O)cc(-c3ncc4c(N5CC6CCC(C5)N6)nc(OCCN5CCC(CC6CCN(CC(=O)NC(C(=O)N7C[C@H](O)C[C@H]7C(=O)NC(C)c7ccc(-c8scnc8C)cc7)C(C)(C)C)CC6)CC5)nc4c3F)c12. The van der Waals surface area contributed by atoms with E-state index in [4.69, 9.17) is 19.7 Å². The number of phenols is 1. The largest absolute Gasteiger partial charge is 0.508 e. The lowest BCUT2D eigenvalue weighted by molar-refractivity contribution is -0.144. The average molecular weight is 1140 g/mol. The molecule has 3 aromatic carbocycles. The molecule has 5 saturated heterocycles. The van der Waals surface area contributed by atoms with Gasteiger partial charge >= 0.3 is 6.01 Å². The molecule has 0 saturated carbocycles. The summed E-state index contributed by atoms with van der Waals surface area (Å²) < 4.78 is 23.5. The number of nitrogens with one attached hydrogen (secondary N) is 3. The number of thiazole rings is 1. The molecule has 5 aliphatic heterocycles. The first-order valence-corrected chi connectivity index (χ1v) is 30.6. The first-order valence-electron chi connectivity index (χ1n) is 29.7. The average Bonchev–Trinajstić information content (AvgIpc) is 4.01. The molecule has 5 aliphatic rings. The van der Waals surface area contributed by atoms with Crippen LogP contribution < -0.4 is 25.6 Å². The van der Waals surface area contributed by atoms with Crippen molar-refractivity contribution in [1.29, 1.82) is 0 Å². The van der Waals surface area contributed by atoms with E-state index < -0.39 is 29.4 Å². The van der Waals surface area contributed by atoms with Gasteiger partial charge in [0.25, 0.3) is 0 Å². The van der Waals surface area contributed by atoms with Gasteiger partial charge in [-0.3, -0.25) is 29.2 Å². The van der Waals surface area contributed by atoms with E-state index in [0.29, 0.717) is 53.8 Å². The Morgan fingerprint density at radius 1 is 0.902 bits per heavy atom. The molecule has 2 bridgehead atoms. The molecule has 17 nitrogen and oxygen atoms in total. The first-order chi connectivity index (χ1) is 39.5. The molecule has 5 N–H and O–H groups in total. The van der Waals surface area contributed by atoms with E-state index in [9.17, 15) is 24.6 Å². The molecule has 0 aliphatic carbocycles. The summed E-state index contributed by atoms with van der Waals surface area (Å²) in [6, 6.07) is 15.9. The van der Waals surface area contributed by atoms with Crippen LogP contribution in [0, 0.1) is 30.0 Å². The number of halogens is 1. The van der Waals surface area contributed by atoms with Crippen LogP contribution in [0.2, 0.25) is 0 Å². The van der Waals surface area contributed by atoms with Crippen molar-refractivity contribution in [3.8, 4) is 33.5 Å². The van der Waals surface area contributed by atoms with E-state index in [1.165, 1.54) is 4.90 Å². The standard InChI is InChI=1S/C63H80FN11O6S/c1-7-41-9-8-10-44-28-47(76)29-49(53(41)44)55-54(64)56-50(31-65-55)59(74-32-45-15-16-46(33-74)68-45)71-62(70-56)81-26-25-72-21-17-39(18-22-72)27-40-19-23-73(24-20-40)35-52(78)69-58(63(4,5)6)61(80)75-34-48(77)30-51(75)60(79)67-37(2)42-11-13-43(14-12-42)57-38(3)66-36-82-57/h8-14,28-29,31,36-37,39-40,45-46,48,51,58,68,76-77H,7,15-27,30,32-35H2,1-6H3,(H,67,79)(H,69,78)/t37?,45?,46?,48-,51+,58?/m1/s1. The lowest BCUT2D eigenvalue weighted by Gasteiger charge is -2.37. The second-order valence-corrected chi connectivity index (χ2v) is 25.7. The van der Waals surface area contributed by atoms with Crippen LogP contribution in [0.15, 0.2) is 66.3 Å². The number of amides is 3. The Bertz CT molecular complexity index is 3270. The molecular formula is C63H80FN11O6S. The normalized spacial score (nSPS) is 22.0. The van der Waals surface area contributed by atoms with Gasteiger partial charge in [0.05, 0.1) is 40.2 Å². The third-order valence-electron chi connectivity index (χ3n) is 18.0. The number of anilines is 1. The molecule has 436 valence electrons. The molecule has 19 heteroatoms. The Morgan fingerprint density at radius 2 is 1.61 bits per heavy atom. The van der Waals surface area contributed by atoms with E-state index in [-0.39, 0.29) is 66.2 Å². The Kier molecular flexibility index (Phi) is 17.1. The van der Waals surface area contributed by atoms with E-state index >= 15 is 4.39 Å². The number of hydrogen-bond donors (Lipinski definition) is 5. The number of benzene rings is 3. The van der Waals surface area contributed by atoms with Crippen LogP contribution in [0.3, 0.4) is 0 Å². The van der Waals surface area contributed by atoms with Crippen molar-refractivity contribution in [2.75, 3.05) is 70.4 Å². The third kappa shape index (κ3) is 12.6. The van der Waals surface area contributed by atoms with E-state index in [1.54, 1.807) is 29.7 Å². The molecule has 6 aromatic rings. The van der Waals surface area contributed by atoms with Crippen molar-refractivity contribution >= 4 is 56.6 Å². The number of β-amino-alcohol motifs (C(OH)–C–C–N with tert-alkyl or cyclic N) is 1. The maximum absolute atomic E-state index is 17.1. The molecule has 3 amide bonds. The van der Waals surface area contributed by atoms with Gasteiger partial charge in [0.2, 0.25) is 17.7 Å². The molecule has 0 spiro atoms. The summed E-state index contributed by atoms with van der Waals surface area (Å²) in [5, 5.41) is 33.6. The zero-order valence-electron chi connectivity index (χ0n) is 48.3. The number of piperazine rings is 1. The van der Waals surface area contributed by atoms with E-state index in [2.05, 4.69) is 42.6 Å². The highest BCUT2D eigenvalue weighted by atomic mass is 32.1. The van der Waals surface area contributed by atoms with Crippen molar-refractivity contribution < 1.29 is 33.7 Å². The van der Waals surface area contributed by atoms with Crippen LogP contribution in [-0.4, -0.2) is 158 Å². The summed E-state index contributed by atoms with van der Waals surface area (Å²) in [5.74, 6) is 0.365. The number of carbonyl (C=O) groups excluding carboxylic acids is 3. The highest BCUT2D eigenvalue weighted by Gasteiger charge is 2.45. The minimum absolute atomic E-state index is 0.0171. The number of aliphatic hydroxyl groups excluding tert-OH is 1. The van der Waals surface area contributed by atoms with Crippen molar-refractivity contribution in [1.82, 2.24) is 50.6 Å². The van der Waals surface area contributed by atoms with Crippen molar-refractivity contribution in [2.45, 2.75) is 136 Å². The second-order valence-electron chi connectivity index (χ2n) is 24.9. The molecule has 4 unspecified atom stereocenters. The predicted octanol–water partition coefficient (Wildman–Crippen LogP) is 8.19. The minimum atomic E-state index is -0.891. The number of pyridine rings is 1. The number of aromatic hydroxyl groups is 1. The Balaban J connectivity index is 0.652. The number of aliphatic hydroxyl groups is 1. The summed E-state index contributed by atoms with van der Waals surface area (Å²) >= 11 is 1.59. The van der Waals surface area contributed by atoms with Crippen molar-refractivity contribution in [3.05, 3.63) is 88.9 Å². The number of hydrogen-bond acceptors (Lipinski definition) is 15. The van der Waals surface area contributed by atoms with Gasteiger partial charge in [0.15, 0.2) is 5.82 Å². The van der Waals surface area contributed by atoms with Gasteiger partial charge in [0, 0.05) is 56.4 Å². The van der Waals surface area contributed by atoms with Gasteiger partial charge in [-0.15, -0.1) is 11.3 Å². The number of nitrogens with zero attached hydrogens (tertiary/aromatic N) is 8. The molecule has 8 heterocycles. The number of rotatable bonds is 17. The lowest BCUT2D eigenvalue weighted by Crippen LogP contribution is -2.59. The van der Waals surface area contributed by atoms with E-state index in [1.807, 2.05) is 82.6 Å². The maximum Gasteiger partial charge on any atom is 0.319 e. The summed E-state index contributed by atoms with van der Waals surface area (Å²) in [7, 11) is 0. The fraction of sp³-hybridized carbons (Fsp3) is 0.540. The van der Waals surface area contributed by atoms with Gasteiger partial charge < -0.3 is 40.7 Å². The van der Waals surface area contributed by atoms with Crippen LogP contribution in [0.1, 0.15) is 109 Å². The fourth-order valence-corrected chi connectivity index (χ4v) is 14.3. The highest BCUT2D eigenvalue weighted by molar-refractivity contribution is 7.13. The number of aromatic nitrogens is 4. The van der Waals surface area contributed by atoms with E-state index in [0.717, 1.165) is 129 Å². The van der Waals surface area contributed by atoms with Crippen LogP contribution in [0.4, 0.5) is 10.2 Å². The molecular weight excluding hydrogens is 1060 g/mol. The first kappa shape index (κ1) is 57.4. The second kappa shape index (κ2) is 24.4. The lowest BCUT2D eigenvalue weighted by atomic mass is 9.83. The van der Waals surface area contributed by atoms with Gasteiger partial charge in [-0.25, -0.2) is 9.37 Å². The zero-order valence-corrected chi connectivity index (χ0v) is 49.1. The Hall–Kier alpha value is -6.38. The fourth-order valence-electron chi connectivity index (χ4n) is 13.4. The topological polar surface area (TPSA) is 202 Å². The summed E-state index contributed by atoms with van der Waals surface area (Å²) in [4.78, 5) is 70.1. The number of phenolic OH excluding ortho intramolecular Hbond substituents is 1. The highest BCUT2D eigenvalue weighted by Crippen LogP contribution is 2.40. The van der Waals surface area contributed by atoms with Crippen molar-refractivity contribution in [2.24, 2.45) is 17.3 Å². The number of ether oxygens (including phenoxy) is 1. The number of aryl methyl sites for hydroxylation is 2. The van der Waals surface area contributed by atoms with Gasteiger partial charge in [0.1, 0.15) is 41.5 Å². The maximum atomic E-state index is 17.1. The van der Waals surface area contributed by atoms with Gasteiger partial charge in [-0.1, -0.05) is 70.2 Å². The zero-order chi connectivity index (χ0) is 57.4. The Morgan fingerprint density at radius 3 is 2.28 bits per heavy atom. The summed E-state index contributed by atoms with van der Waals surface area (Å²) in [5.41, 5.74) is 5.98. The van der Waals surface area contributed by atoms with Gasteiger partial charge in [-0.05, 0) is 148 Å². The molecule has 6 atom stereocenters. The number of piperidine rings is 2. The molecule has 0 radical (unpaired) electrons. The predicted molar refractivity (Wildman–Crippen MR) is 318 cm³/mol. The van der Waals surface area contributed by atoms with Crippen LogP contribution >= 0.6 is 11.3 Å². The Labute approximate surface area is 484 Å². The number of likely N-dealkylation sites (tertiary alicyclic amines) is 3.